The minimum absolute atomic E-state index is 0.0849. The minimum atomic E-state index is -0.0849. The molecule has 1 aliphatic carbocycles. The van der Waals surface area contributed by atoms with E-state index in [4.69, 9.17) is 0 Å². The SMILES string of the molecule is CCc1ccc2c(c1)[C@@H](CCNC(=O)NC)CCC2. The standard InChI is InChI=1S/C16H24N2O/c1-3-12-7-8-13-5-4-6-14(15(13)11-12)9-10-18-16(19)17-2/h7-8,11,14H,3-6,9-10H2,1-2H3,(H2,17,18,19)/t14-/m1/s1. The lowest BCUT2D eigenvalue weighted by molar-refractivity contribution is 0.242. The van der Waals surface area contributed by atoms with Crippen LogP contribution < -0.4 is 10.6 Å². The lowest BCUT2D eigenvalue weighted by Crippen LogP contribution is -2.34. The summed E-state index contributed by atoms with van der Waals surface area (Å²) < 4.78 is 0. The molecule has 1 aromatic rings. The normalized spacial score (nSPS) is 17.7. The van der Waals surface area contributed by atoms with Crippen molar-refractivity contribution in [3.8, 4) is 0 Å². The van der Waals surface area contributed by atoms with Gasteiger partial charge in [-0.25, -0.2) is 4.79 Å². The Hall–Kier alpha value is -1.51. The van der Waals surface area contributed by atoms with Gasteiger partial charge in [0.25, 0.3) is 0 Å². The summed E-state index contributed by atoms with van der Waals surface area (Å²) in [6.45, 7) is 2.95. The zero-order valence-electron chi connectivity index (χ0n) is 12.0. The number of urea groups is 1. The Balaban J connectivity index is 2.02. The molecule has 0 saturated heterocycles. The molecule has 0 aromatic heterocycles. The number of fused-ring (bicyclic) bond motifs is 1. The number of carbonyl (C=O) groups excluding carboxylic acids is 1. The molecule has 104 valence electrons. The Labute approximate surface area is 115 Å². The van der Waals surface area contributed by atoms with Crippen LogP contribution in [0, 0.1) is 0 Å². The summed E-state index contributed by atoms with van der Waals surface area (Å²) in [5.74, 6) is 0.604. The van der Waals surface area contributed by atoms with Crippen LogP contribution in [0.15, 0.2) is 18.2 Å². The largest absolute Gasteiger partial charge is 0.341 e. The van der Waals surface area contributed by atoms with Crippen LogP contribution in [0.1, 0.15) is 48.8 Å². The van der Waals surface area contributed by atoms with E-state index in [1.54, 1.807) is 7.05 Å². The van der Waals surface area contributed by atoms with Crippen LogP contribution in [-0.2, 0) is 12.8 Å². The molecule has 0 fully saturated rings. The van der Waals surface area contributed by atoms with Gasteiger partial charge in [0.2, 0.25) is 0 Å². The zero-order chi connectivity index (χ0) is 13.7. The number of carbonyl (C=O) groups is 1. The van der Waals surface area contributed by atoms with Gasteiger partial charge in [0.15, 0.2) is 0 Å². The third-order valence-electron chi connectivity index (χ3n) is 4.06. The second-order valence-electron chi connectivity index (χ2n) is 5.27. The quantitative estimate of drug-likeness (QED) is 0.858. The predicted molar refractivity (Wildman–Crippen MR) is 78.6 cm³/mol. The third kappa shape index (κ3) is 3.49. The number of hydrogen-bond donors (Lipinski definition) is 2. The highest BCUT2D eigenvalue weighted by atomic mass is 16.2. The fraction of sp³-hybridized carbons (Fsp3) is 0.562. The van der Waals surface area contributed by atoms with Crippen molar-refractivity contribution in [3.63, 3.8) is 0 Å². The number of benzene rings is 1. The summed E-state index contributed by atoms with van der Waals surface area (Å²) in [6, 6.07) is 6.84. The molecule has 0 saturated carbocycles. The highest BCUT2D eigenvalue weighted by molar-refractivity contribution is 5.73. The molecule has 1 aromatic carbocycles. The first-order valence-corrected chi connectivity index (χ1v) is 7.32. The van der Waals surface area contributed by atoms with E-state index in [1.165, 1.54) is 36.0 Å². The molecule has 1 aliphatic rings. The Morgan fingerprint density at radius 3 is 3.00 bits per heavy atom. The molecule has 19 heavy (non-hydrogen) atoms. The summed E-state index contributed by atoms with van der Waals surface area (Å²) in [5.41, 5.74) is 4.45. The maximum Gasteiger partial charge on any atom is 0.314 e. The van der Waals surface area contributed by atoms with Gasteiger partial charge in [-0.1, -0.05) is 25.1 Å². The molecule has 0 unspecified atom stereocenters. The molecular formula is C16H24N2O. The van der Waals surface area contributed by atoms with Gasteiger partial charge in [-0.2, -0.15) is 0 Å². The van der Waals surface area contributed by atoms with E-state index >= 15 is 0 Å². The summed E-state index contributed by atoms with van der Waals surface area (Å²) >= 11 is 0. The molecule has 2 N–H and O–H groups in total. The minimum Gasteiger partial charge on any atom is -0.341 e. The first-order valence-electron chi connectivity index (χ1n) is 7.32. The van der Waals surface area contributed by atoms with Crippen molar-refractivity contribution in [1.29, 1.82) is 0 Å². The third-order valence-corrected chi connectivity index (χ3v) is 4.06. The van der Waals surface area contributed by atoms with Crippen molar-refractivity contribution in [2.75, 3.05) is 13.6 Å². The molecule has 0 bridgehead atoms. The number of hydrogen-bond acceptors (Lipinski definition) is 1. The van der Waals surface area contributed by atoms with Crippen LogP contribution in [0.5, 0.6) is 0 Å². The maximum atomic E-state index is 11.2. The van der Waals surface area contributed by atoms with Crippen molar-refractivity contribution in [3.05, 3.63) is 34.9 Å². The van der Waals surface area contributed by atoms with E-state index in [2.05, 4.69) is 35.8 Å². The second-order valence-corrected chi connectivity index (χ2v) is 5.27. The molecule has 0 spiro atoms. The lowest BCUT2D eigenvalue weighted by atomic mass is 9.80. The highest BCUT2D eigenvalue weighted by Gasteiger charge is 2.20. The fourth-order valence-electron chi connectivity index (χ4n) is 2.91. The smallest absolute Gasteiger partial charge is 0.314 e. The van der Waals surface area contributed by atoms with Gasteiger partial charge in [-0.05, 0) is 54.7 Å². The van der Waals surface area contributed by atoms with E-state index in [0.29, 0.717) is 5.92 Å². The Morgan fingerprint density at radius 1 is 1.42 bits per heavy atom. The van der Waals surface area contributed by atoms with Crippen molar-refractivity contribution < 1.29 is 4.79 Å². The van der Waals surface area contributed by atoms with Crippen LogP contribution >= 0.6 is 0 Å². The molecule has 0 heterocycles. The summed E-state index contributed by atoms with van der Waals surface area (Å²) in [4.78, 5) is 11.2. The molecule has 1 atom stereocenters. The summed E-state index contributed by atoms with van der Waals surface area (Å²) in [5, 5.41) is 5.48. The van der Waals surface area contributed by atoms with Gasteiger partial charge >= 0.3 is 6.03 Å². The maximum absolute atomic E-state index is 11.2. The average Bonchev–Trinajstić information content (AvgIpc) is 2.46. The molecule has 2 rings (SSSR count). The summed E-state index contributed by atoms with van der Waals surface area (Å²) in [6.07, 6.45) is 5.85. The molecule has 3 heteroatoms. The van der Waals surface area contributed by atoms with Crippen LogP contribution in [0.2, 0.25) is 0 Å². The number of rotatable bonds is 4. The van der Waals surface area contributed by atoms with E-state index in [9.17, 15) is 4.79 Å². The fourth-order valence-corrected chi connectivity index (χ4v) is 2.91. The van der Waals surface area contributed by atoms with E-state index < -0.39 is 0 Å². The molecular weight excluding hydrogens is 236 g/mol. The average molecular weight is 260 g/mol. The van der Waals surface area contributed by atoms with Gasteiger partial charge in [-0.3, -0.25) is 0 Å². The number of aryl methyl sites for hydroxylation is 2. The molecule has 2 amide bonds. The topological polar surface area (TPSA) is 41.1 Å². The first-order chi connectivity index (χ1) is 9.24. The predicted octanol–water partition coefficient (Wildman–Crippen LogP) is 2.99. The van der Waals surface area contributed by atoms with Gasteiger partial charge in [-0.15, -0.1) is 0 Å². The van der Waals surface area contributed by atoms with Crippen LogP contribution in [-0.4, -0.2) is 19.6 Å². The Morgan fingerprint density at radius 2 is 2.26 bits per heavy atom. The highest BCUT2D eigenvalue weighted by Crippen LogP contribution is 2.34. The van der Waals surface area contributed by atoms with E-state index in [0.717, 1.165) is 19.4 Å². The molecule has 3 nitrogen and oxygen atoms in total. The van der Waals surface area contributed by atoms with E-state index in [1.807, 2.05) is 0 Å². The van der Waals surface area contributed by atoms with Gasteiger partial charge in [0.1, 0.15) is 0 Å². The van der Waals surface area contributed by atoms with Gasteiger partial charge < -0.3 is 10.6 Å². The number of amides is 2. The second kappa shape index (κ2) is 6.60. The van der Waals surface area contributed by atoms with Crippen molar-refractivity contribution in [2.45, 2.75) is 44.9 Å². The van der Waals surface area contributed by atoms with Crippen molar-refractivity contribution >= 4 is 6.03 Å². The van der Waals surface area contributed by atoms with Crippen LogP contribution in [0.3, 0.4) is 0 Å². The Kier molecular flexibility index (Phi) is 4.83. The molecule has 0 aliphatic heterocycles. The van der Waals surface area contributed by atoms with Crippen molar-refractivity contribution in [2.24, 2.45) is 0 Å². The van der Waals surface area contributed by atoms with Gasteiger partial charge in [0.05, 0.1) is 0 Å². The number of nitrogens with one attached hydrogen (secondary N) is 2. The zero-order valence-corrected chi connectivity index (χ0v) is 12.0. The van der Waals surface area contributed by atoms with Gasteiger partial charge in [0, 0.05) is 13.6 Å². The summed E-state index contributed by atoms with van der Waals surface area (Å²) in [7, 11) is 1.65. The van der Waals surface area contributed by atoms with Crippen molar-refractivity contribution in [1.82, 2.24) is 10.6 Å². The lowest BCUT2D eigenvalue weighted by Gasteiger charge is -2.26. The first kappa shape index (κ1) is 13.9. The van der Waals surface area contributed by atoms with Crippen LogP contribution in [0.25, 0.3) is 0 Å². The van der Waals surface area contributed by atoms with E-state index in [-0.39, 0.29) is 6.03 Å². The molecule has 0 radical (unpaired) electrons. The Bertz CT molecular complexity index is 442. The monoisotopic (exact) mass is 260 g/mol. The van der Waals surface area contributed by atoms with Crippen LogP contribution in [0.4, 0.5) is 4.79 Å².